The van der Waals surface area contributed by atoms with Gasteiger partial charge in [0, 0.05) is 17.6 Å². The van der Waals surface area contributed by atoms with Crippen molar-refractivity contribution in [3.63, 3.8) is 0 Å². The molecule has 38 heavy (non-hydrogen) atoms. The zero-order chi connectivity index (χ0) is 27.9. The molecule has 0 saturated heterocycles. The number of para-hydroxylation sites is 1. The molecule has 7 nitrogen and oxygen atoms in total. The summed E-state index contributed by atoms with van der Waals surface area (Å²) in [6, 6.07) is 21.1. The van der Waals surface area contributed by atoms with Crippen molar-refractivity contribution in [3.05, 3.63) is 95.0 Å². The number of carbonyl (C=O) groups is 2. The van der Waals surface area contributed by atoms with Crippen LogP contribution in [0.25, 0.3) is 0 Å². The van der Waals surface area contributed by atoms with Crippen LogP contribution in [0.2, 0.25) is 5.02 Å². The second kappa shape index (κ2) is 12.9. The van der Waals surface area contributed by atoms with Gasteiger partial charge in [0.15, 0.2) is 0 Å². The number of hydrogen-bond acceptors (Lipinski definition) is 4. The van der Waals surface area contributed by atoms with Crippen LogP contribution in [0.4, 0.5) is 5.69 Å². The Bertz CT molecular complexity index is 1370. The van der Waals surface area contributed by atoms with E-state index >= 15 is 0 Å². The molecule has 3 rings (SSSR count). The van der Waals surface area contributed by atoms with Gasteiger partial charge < -0.3 is 10.2 Å². The van der Waals surface area contributed by atoms with Crippen LogP contribution in [0.5, 0.6) is 0 Å². The standard InChI is InChI=1S/C29H34ClN3O4S/c1-5-22(3)31-29(35)23(4)32(19-24-13-11-14-25(30)18-24)28(34)20-33(27-17-10-9-12-21(27)2)38(36,37)26-15-7-6-8-16-26/h6-18,22-23H,5,19-20H2,1-4H3,(H,31,35)/t22-,23+/m0/s1. The third-order valence-electron chi connectivity index (χ3n) is 6.40. The molecule has 202 valence electrons. The monoisotopic (exact) mass is 555 g/mol. The predicted molar refractivity (Wildman–Crippen MR) is 152 cm³/mol. The molecular weight excluding hydrogens is 522 g/mol. The summed E-state index contributed by atoms with van der Waals surface area (Å²) in [6.45, 7) is 6.88. The minimum atomic E-state index is -4.09. The van der Waals surface area contributed by atoms with Gasteiger partial charge in [-0.3, -0.25) is 13.9 Å². The molecule has 3 aromatic rings. The van der Waals surface area contributed by atoms with Gasteiger partial charge in [-0.2, -0.15) is 0 Å². The zero-order valence-corrected chi connectivity index (χ0v) is 23.7. The first-order chi connectivity index (χ1) is 18.0. The third-order valence-corrected chi connectivity index (χ3v) is 8.41. The molecule has 0 bridgehead atoms. The van der Waals surface area contributed by atoms with E-state index in [1.165, 1.54) is 17.0 Å². The summed E-state index contributed by atoms with van der Waals surface area (Å²) < 4.78 is 28.7. The molecule has 0 aliphatic heterocycles. The Kier molecular flexibility index (Phi) is 9.94. The van der Waals surface area contributed by atoms with Crippen molar-refractivity contribution in [2.45, 2.75) is 57.6 Å². The third kappa shape index (κ3) is 7.14. The Morgan fingerprint density at radius 2 is 1.61 bits per heavy atom. The molecule has 9 heteroatoms. The van der Waals surface area contributed by atoms with E-state index in [-0.39, 0.29) is 23.4 Å². The minimum absolute atomic E-state index is 0.0695. The quantitative estimate of drug-likeness (QED) is 0.353. The number of amides is 2. The maximum Gasteiger partial charge on any atom is 0.264 e. The van der Waals surface area contributed by atoms with E-state index in [4.69, 9.17) is 11.6 Å². The van der Waals surface area contributed by atoms with Gasteiger partial charge in [0.25, 0.3) is 10.0 Å². The van der Waals surface area contributed by atoms with Crippen LogP contribution in [0.3, 0.4) is 0 Å². The number of sulfonamides is 1. The summed E-state index contributed by atoms with van der Waals surface area (Å²) in [6.07, 6.45) is 0.733. The predicted octanol–water partition coefficient (Wildman–Crippen LogP) is 5.18. The summed E-state index contributed by atoms with van der Waals surface area (Å²) >= 11 is 6.18. The highest BCUT2D eigenvalue weighted by molar-refractivity contribution is 7.92. The van der Waals surface area contributed by atoms with Gasteiger partial charge in [-0.05, 0) is 68.7 Å². The number of nitrogens with one attached hydrogen (secondary N) is 1. The molecule has 0 heterocycles. The molecule has 2 amide bonds. The number of hydrogen-bond donors (Lipinski definition) is 1. The van der Waals surface area contributed by atoms with Gasteiger partial charge in [-0.25, -0.2) is 8.42 Å². The molecular formula is C29H34ClN3O4S. The van der Waals surface area contributed by atoms with E-state index in [2.05, 4.69) is 5.32 Å². The Balaban J connectivity index is 2.03. The van der Waals surface area contributed by atoms with Gasteiger partial charge >= 0.3 is 0 Å². The van der Waals surface area contributed by atoms with E-state index in [0.717, 1.165) is 16.3 Å². The van der Waals surface area contributed by atoms with Gasteiger partial charge in [0.1, 0.15) is 12.6 Å². The van der Waals surface area contributed by atoms with Crippen LogP contribution in [0.1, 0.15) is 38.3 Å². The molecule has 2 atom stereocenters. The number of rotatable bonds is 11. The number of halogens is 1. The number of nitrogens with zero attached hydrogens (tertiary/aromatic N) is 2. The number of carbonyl (C=O) groups excluding carboxylic acids is 2. The van der Waals surface area contributed by atoms with E-state index in [1.54, 1.807) is 74.5 Å². The van der Waals surface area contributed by atoms with Crippen LogP contribution in [-0.4, -0.2) is 43.8 Å². The van der Waals surface area contributed by atoms with Crippen LogP contribution < -0.4 is 9.62 Å². The molecule has 0 unspecified atom stereocenters. The Morgan fingerprint density at radius 3 is 2.24 bits per heavy atom. The van der Waals surface area contributed by atoms with Crippen molar-refractivity contribution in [1.29, 1.82) is 0 Å². The smallest absolute Gasteiger partial charge is 0.264 e. The first-order valence-corrected chi connectivity index (χ1v) is 14.3. The second-order valence-electron chi connectivity index (χ2n) is 9.26. The first kappa shape index (κ1) is 29.2. The normalized spacial score (nSPS) is 12.9. The van der Waals surface area contributed by atoms with E-state index in [9.17, 15) is 18.0 Å². The Labute approximate surface area is 230 Å². The largest absolute Gasteiger partial charge is 0.352 e. The SMILES string of the molecule is CC[C@H](C)NC(=O)[C@@H](C)N(Cc1cccc(Cl)c1)C(=O)CN(c1ccccc1C)S(=O)(=O)c1ccccc1. The Morgan fingerprint density at radius 1 is 0.947 bits per heavy atom. The van der Waals surface area contributed by atoms with Crippen molar-refractivity contribution < 1.29 is 18.0 Å². The highest BCUT2D eigenvalue weighted by Crippen LogP contribution is 2.27. The summed E-state index contributed by atoms with van der Waals surface area (Å²) in [7, 11) is -4.09. The summed E-state index contributed by atoms with van der Waals surface area (Å²) in [5.41, 5.74) is 1.82. The lowest BCUT2D eigenvalue weighted by molar-refractivity contribution is -0.139. The second-order valence-corrected chi connectivity index (χ2v) is 11.6. The van der Waals surface area contributed by atoms with E-state index in [0.29, 0.717) is 16.3 Å². The first-order valence-electron chi connectivity index (χ1n) is 12.5. The lowest BCUT2D eigenvalue weighted by Crippen LogP contribution is -2.52. The molecule has 0 fully saturated rings. The number of benzene rings is 3. The maximum atomic E-state index is 13.9. The molecule has 0 aliphatic rings. The van der Waals surface area contributed by atoms with Gasteiger partial charge in [-0.1, -0.05) is 67.1 Å². The average molecular weight is 556 g/mol. The van der Waals surface area contributed by atoms with Crippen LogP contribution >= 0.6 is 11.6 Å². The van der Waals surface area contributed by atoms with E-state index in [1.807, 2.05) is 19.9 Å². The van der Waals surface area contributed by atoms with Crippen LogP contribution in [-0.2, 0) is 26.2 Å². The Hall–Kier alpha value is -3.36. The molecule has 0 aliphatic carbocycles. The maximum absolute atomic E-state index is 13.9. The molecule has 0 saturated carbocycles. The van der Waals surface area contributed by atoms with Crippen molar-refractivity contribution in [1.82, 2.24) is 10.2 Å². The molecule has 1 N–H and O–H groups in total. The fraction of sp³-hybridized carbons (Fsp3) is 0.310. The van der Waals surface area contributed by atoms with Gasteiger partial charge in [0.05, 0.1) is 10.6 Å². The zero-order valence-electron chi connectivity index (χ0n) is 22.1. The van der Waals surface area contributed by atoms with Crippen molar-refractivity contribution in [3.8, 4) is 0 Å². The van der Waals surface area contributed by atoms with Crippen LogP contribution in [0.15, 0.2) is 83.8 Å². The molecule has 0 aromatic heterocycles. The van der Waals surface area contributed by atoms with Crippen molar-refractivity contribution in [2.75, 3.05) is 10.8 Å². The van der Waals surface area contributed by atoms with Gasteiger partial charge in [-0.15, -0.1) is 0 Å². The average Bonchev–Trinajstić information content (AvgIpc) is 2.90. The highest BCUT2D eigenvalue weighted by Gasteiger charge is 2.33. The summed E-state index contributed by atoms with van der Waals surface area (Å²) in [5, 5.41) is 3.42. The number of anilines is 1. The fourth-order valence-corrected chi connectivity index (χ4v) is 5.67. The minimum Gasteiger partial charge on any atom is -0.352 e. The van der Waals surface area contributed by atoms with Crippen LogP contribution in [0, 0.1) is 6.92 Å². The lowest BCUT2D eigenvalue weighted by atomic mass is 10.1. The van der Waals surface area contributed by atoms with Crippen molar-refractivity contribution >= 4 is 39.1 Å². The fourth-order valence-electron chi connectivity index (χ4n) is 3.96. The molecule has 0 spiro atoms. The van der Waals surface area contributed by atoms with Crippen molar-refractivity contribution in [2.24, 2.45) is 0 Å². The highest BCUT2D eigenvalue weighted by atomic mass is 35.5. The van der Waals surface area contributed by atoms with Gasteiger partial charge in [0.2, 0.25) is 11.8 Å². The summed E-state index contributed by atoms with van der Waals surface area (Å²) in [5.74, 6) is -0.831. The van der Waals surface area contributed by atoms with E-state index < -0.39 is 28.5 Å². The molecule has 3 aromatic carbocycles. The topological polar surface area (TPSA) is 86.8 Å². The summed E-state index contributed by atoms with van der Waals surface area (Å²) in [4.78, 5) is 28.5. The number of aryl methyl sites for hydroxylation is 1. The molecule has 0 radical (unpaired) electrons. The lowest BCUT2D eigenvalue weighted by Gasteiger charge is -2.33.